The van der Waals surface area contributed by atoms with Gasteiger partial charge in [-0.2, -0.15) is 0 Å². The van der Waals surface area contributed by atoms with Gasteiger partial charge in [-0.05, 0) is 44.5 Å². The average Bonchev–Trinajstić information content (AvgIpc) is 2.98. The number of hydrogen-bond acceptors (Lipinski definition) is 5. The topological polar surface area (TPSA) is 76.1 Å². The first kappa shape index (κ1) is 22.8. The number of benzene rings is 2. The Morgan fingerprint density at radius 1 is 1.19 bits per heavy atom. The predicted octanol–water partition coefficient (Wildman–Crippen LogP) is 4.50. The Kier molecular flexibility index (Phi) is 7.03. The molecule has 0 saturated carbocycles. The van der Waals surface area contributed by atoms with Gasteiger partial charge in [0.1, 0.15) is 11.5 Å². The number of likely N-dealkylation sites (tertiary alicyclic amines) is 1. The van der Waals surface area contributed by atoms with E-state index >= 15 is 0 Å². The Morgan fingerprint density at radius 3 is 2.58 bits per heavy atom. The molecule has 1 unspecified atom stereocenters. The molecule has 6 nitrogen and oxygen atoms in total. The smallest absolute Gasteiger partial charge is 0.295 e. The van der Waals surface area contributed by atoms with Crippen molar-refractivity contribution in [3.63, 3.8) is 0 Å². The van der Waals surface area contributed by atoms with E-state index < -0.39 is 17.7 Å². The summed E-state index contributed by atoms with van der Waals surface area (Å²) in [5.74, 6) is -1.31. The number of ketones is 1. The minimum Gasteiger partial charge on any atom is -0.507 e. The van der Waals surface area contributed by atoms with Crippen molar-refractivity contribution in [2.24, 2.45) is 0 Å². The maximum atomic E-state index is 13.0. The van der Waals surface area contributed by atoms with Crippen LogP contribution in [0.2, 0.25) is 5.02 Å². The number of amides is 1. The molecule has 1 saturated heterocycles. The highest BCUT2D eigenvalue weighted by Gasteiger charge is 2.46. The third-order valence-corrected chi connectivity index (χ3v) is 5.42. The zero-order chi connectivity index (χ0) is 22.7. The van der Waals surface area contributed by atoms with Crippen LogP contribution in [0.5, 0.6) is 5.75 Å². The van der Waals surface area contributed by atoms with Crippen molar-refractivity contribution in [3.05, 3.63) is 69.8 Å². The summed E-state index contributed by atoms with van der Waals surface area (Å²) < 4.78 is 10.8. The first-order valence-corrected chi connectivity index (χ1v) is 10.4. The zero-order valence-corrected chi connectivity index (χ0v) is 18.8. The Bertz CT molecular complexity index is 1030. The van der Waals surface area contributed by atoms with Gasteiger partial charge in [0.15, 0.2) is 0 Å². The van der Waals surface area contributed by atoms with E-state index in [9.17, 15) is 14.7 Å². The molecule has 7 heteroatoms. The van der Waals surface area contributed by atoms with Crippen LogP contribution in [0.1, 0.15) is 36.6 Å². The molecule has 0 spiro atoms. The first-order valence-electron chi connectivity index (χ1n) is 10.0. The summed E-state index contributed by atoms with van der Waals surface area (Å²) in [5, 5.41) is 11.5. The van der Waals surface area contributed by atoms with Crippen LogP contribution >= 0.6 is 11.6 Å². The van der Waals surface area contributed by atoms with Crippen LogP contribution in [-0.4, -0.2) is 48.1 Å². The van der Waals surface area contributed by atoms with Crippen LogP contribution in [0.3, 0.4) is 0 Å². The number of aryl methyl sites for hydroxylation is 1. The lowest BCUT2D eigenvalue weighted by atomic mass is 9.94. The number of nitrogens with zero attached hydrogens (tertiary/aromatic N) is 1. The highest BCUT2D eigenvalue weighted by Crippen LogP contribution is 2.40. The molecule has 164 valence electrons. The molecule has 2 aromatic carbocycles. The number of Topliss-reactive ketones (excluding diaryl/α,β-unsaturated/α-hetero) is 1. The van der Waals surface area contributed by atoms with Gasteiger partial charge in [0.25, 0.3) is 11.7 Å². The van der Waals surface area contributed by atoms with E-state index in [-0.39, 0.29) is 30.6 Å². The third kappa shape index (κ3) is 4.75. The number of aliphatic hydroxyl groups is 1. The van der Waals surface area contributed by atoms with Crippen molar-refractivity contribution >= 4 is 29.1 Å². The minimum absolute atomic E-state index is 0.00391. The molecule has 1 N–H and O–H groups in total. The van der Waals surface area contributed by atoms with Crippen LogP contribution < -0.4 is 4.74 Å². The number of rotatable bonds is 7. The highest BCUT2D eigenvalue weighted by molar-refractivity contribution is 6.46. The van der Waals surface area contributed by atoms with Crippen LogP contribution in [-0.2, 0) is 14.3 Å². The van der Waals surface area contributed by atoms with Crippen molar-refractivity contribution in [2.75, 3.05) is 20.3 Å². The summed E-state index contributed by atoms with van der Waals surface area (Å²) >= 11 is 6.09. The fourth-order valence-electron chi connectivity index (χ4n) is 3.65. The SMILES string of the molecule is COc1cc(/C(O)=C2/C(=O)C(=O)N(CCOC(C)C)C2c2cccc(C)c2)ccc1Cl. The standard InChI is InChI=1S/C24H26ClNO5/c1-14(2)31-11-10-26-21(16-7-5-6-15(3)12-16)20(23(28)24(26)29)22(27)17-8-9-18(25)19(13-17)30-4/h5-9,12-14,21,27H,10-11H2,1-4H3/b22-20-. The zero-order valence-electron chi connectivity index (χ0n) is 18.0. The Balaban J connectivity index is 2.12. The van der Waals surface area contributed by atoms with Gasteiger partial charge in [0, 0.05) is 12.1 Å². The average molecular weight is 444 g/mol. The number of carbonyl (C=O) groups is 2. The Morgan fingerprint density at radius 2 is 1.94 bits per heavy atom. The van der Waals surface area contributed by atoms with E-state index in [0.717, 1.165) is 11.1 Å². The number of hydrogen-bond donors (Lipinski definition) is 1. The number of aliphatic hydroxyl groups excluding tert-OH is 1. The Hall–Kier alpha value is -2.83. The monoisotopic (exact) mass is 443 g/mol. The summed E-state index contributed by atoms with van der Waals surface area (Å²) in [5.41, 5.74) is 2.10. The molecule has 0 bridgehead atoms. The minimum atomic E-state index is -0.734. The molecule has 1 atom stereocenters. The molecule has 1 aliphatic rings. The second kappa shape index (κ2) is 9.54. The second-order valence-electron chi connectivity index (χ2n) is 7.68. The fraction of sp³-hybridized carbons (Fsp3) is 0.333. The van der Waals surface area contributed by atoms with Crippen LogP contribution in [0.15, 0.2) is 48.0 Å². The van der Waals surface area contributed by atoms with Gasteiger partial charge in [-0.3, -0.25) is 9.59 Å². The van der Waals surface area contributed by atoms with E-state index in [0.29, 0.717) is 16.3 Å². The molecule has 0 aliphatic carbocycles. The van der Waals surface area contributed by atoms with E-state index in [1.807, 2.05) is 45.0 Å². The van der Waals surface area contributed by atoms with Gasteiger partial charge >= 0.3 is 0 Å². The lowest BCUT2D eigenvalue weighted by Gasteiger charge is -2.26. The number of halogens is 1. The molecule has 1 heterocycles. The van der Waals surface area contributed by atoms with Gasteiger partial charge in [-0.15, -0.1) is 0 Å². The van der Waals surface area contributed by atoms with Crippen LogP contribution in [0.4, 0.5) is 0 Å². The van der Waals surface area contributed by atoms with E-state index in [1.165, 1.54) is 12.0 Å². The van der Waals surface area contributed by atoms with Gasteiger partial charge in [0.2, 0.25) is 0 Å². The third-order valence-electron chi connectivity index (χ3n) is 5.11. The van der Waals surface area contributed by atoms with Gasteiger partial charge < -0.3 is 19.5 Å². The van der Waals surface area contributed by atoms with Gasteiger partial charge in [-0.1, -0.05) is 41.4 Å². The molecular formula is C24H26ClNO5. The maximum absolute atomic E-state index is 13.0. The maximum Gasteiger partial charge on any atom is 0.295 e. The van der Waals surface area contributed by atoms with Gasteiger partial charge in [0.05, 0.1) is 36.5 Å². The molecule has 0 aromatic heterocycles. The molecule has 1 fully saturated rings. The van der Waals surface area contributed by atoms with E-state index in [1.54, 1.807) is 18.2 Å². The van der Waals surface area contributed by atoms with Crippen molar-refractivity contribution in [3.8, 4) is 5.75 Å². The van der Waals surface area contributed by atoms with Crippen molar-refractivity contribution in [2.45, 2.75) is 32.9 Å². The van der Waals surface area contributed by atoms with E-state index in [2.05, 4.69) is 0 Å². The summed E-state index contributed by atoms with van der Waals surface area (Å²) in [6, 6.07) is 11.5. The lowest BCUT2D eigenvalue weighted by Crippen LogP contribution is -2.33. The fourth-order valence-corrected chi connectivity index (χ4v) is 3.84. The molecule has 31 heavy (non-hydrogen) atoms. The molecular weight excluding hydrogens is 418 g/mol. The normalized spacial score (nSPS) is 18.1. The number of methoxy groups -OCH3 is 1. The summed E-state index contributed by atoms with van der Waals surface area (Å²) in [7, 11) is 1.46. The predicted molar refractivity (Wildman–Crippen MR) is 119 cm³/mol. The lowest BCUT2D eigenvalue weighted by molar-refractivity contribution is -0.140. The highest BCUT2D eigenvalue weighted by atomic mass is 35.5. The molecule has 2 aromatic rings. The van der Waals surface area contributed by atoms with E-state index in [4.69, 9.17) is 21.1 Å². The summed E-state index contributed by atoms with van der Waals surface area (Å²) in [4.78, 5) is 27.4. The van der Waals surface area contributed by atoms with Crippen molar-refractivity contribution in [1.29, 1.82) is 0 Å². The summed E-state index contributed by atoms with van der Waals surface area (Å²) in [6.45, 7) is 6.24. The number of ether oxygens (including phenoxy) is 2. The number of carbonyl (C=O) groups excluding carboxylic acids is 2. The quantitative estimate of drug-likeness (QED) is 0.387. The molecule has 3 rings (SSSR count). The molecule has 0 radical (unpaired) electrons. The van der Waals surface area contributed by atoms with Crippen LogP contribution in [0, 0.1) is 6.92 Å². The molecule has 1 amide bonds. The second-order valence-corrected chi connectivity index (χ2v) is 8.08. The van der Waals surface area contributed by atoms with Crippen LogP contribution in [0.25, 0.3) is 5.76 Å². The van der Waals surface area contributed by atoms with Crippen molar-refractivity contribution in [1.82, 2.24) is 4.90 Å². The van der Waals surface area contributed by atoms with Crippen molar-refractivity contribution < 1.29 is 24.2 Å². The Labute approximate surface area is 187 Å². The summed E-state index contributed by atoms with van der Waals surface area (Å²) in [6.07, 6.45) is -0.00391. The molecule has 1 aliphatic heterocycles. The van der Waals surface area contributed by atoms with Gasteiger partial charge in [-0.25, -0.2) is 0 Å². The largest absolute Gasteiger partial charge is 0.507 e. The first-order chi connectivity index (χ1) is 14.7.